The van der Waals surface area contributed by atoms with Gasteiger partial charge in [-0.3, -0.25) is 9.69 Å². The van der Waals surface area contributed by atoms with E-state index in [2.05, 4.69) is 9.88 Å². The number of benzene rings is 1. The lowest BCUT2D eigenvalue weighted by atomic mass is 9.96. The molecule has 0 aliphatic carbocycles. The molecule has 0 spiro atoms. The molecule has 1 aromatic heterocycles. The van der Waals surface area contributed by atoms with Crippen molar-refractivity contribution >= 4 is 10.2 Å². The average molecular weight is 450 g/mol. The molecular formula is C21H28FN5O3S. The first-order valence-electron chi connectivity index (χ1n) is 10.5. The number of hydrogen-bond donors (Lipinski definition) is 1. The van der Waals surface area contributed by atoms with Crippen LogP contribution in [0.1, 0.15) is 41.4 Å². The summed E-state index contributed by atoms with van der Waals surface area (Å²) >= 11 is 0. The van der Waals surface area contributed by atoms with E-state index in [4.69, 9.17) is 4.98 Å². The highest BCUT2D eigenvalue weighted by Gasteiger charge is 2.32. The van der Waals surface area contributed by atoms with E-state index in [1.807, 2.05) is 6.07 Å². The van der Waals surface area contributed by atoms with Crippen molar-refractivity contribution in [3.8, 4) is 0 Å². The van der Waals surface area contributed by atoms with Crippen molar-refractivity contribution in [3.63, 3.8) is 0 Å². The number of halogens is 1. The van der Waals surface area contributed by atoms with Crippen LogP contribution in [0.25, 0.3) is 0 Å². The number of nitrogens with zero attached hydrogens (tertiary/aromatic N) is 4. The molecule has 3 heterocycles. The van der Waals surface area contributed by atoms with E-state index in [1.165, 1.54) is 24.5 Å². The van der Waals surface area contributed by atoms with Crippen LogP contribution >= 0.6 is 0 Å². The van der Waals surface area contributed by atoms with Crippen LogP contribution in [0.3, 0.4) is 0 Å². The maximum atomic E-state index is 14.0. The summed E-state index contributed by atoms with van der Waals surface area (Å²) in [4.78, 5) is 22.6. The largest absolute Gasteiger partial charge is 0.310 e. The molecule has 1 saturated heterocycles. The lowest BCUT2D eigenvalue weighted by Crippen LogP contribution is -2.45. The Kier molecular flexibility index (Phi) is 6.25. The van der Waals surface area contributed by atoms with E-state index >= 15 is 0 Å². The van der Waals surface area contributed by atoms with Gasteiger partial charge in [0.2, 0.25) is 0 Å². The van der Waals surface area contributed by atoms with Gasteiger partial charge in [0.15, 0.2) is 0 Å². The molecule has 0 radical (unpaired) electrons. The van der Waals surface area contributed by atoms with Crippen LogP contribution in [-0.2, 0) is 29.7 Å². The van der Waals surface area contributed by atoms with E-state index < -0.39 is 10.2 Å². The fourth-order valence-corrected chi connectivity index (χ4v) is 5.41. The Hall–Kier alpha value is -2.14. The summed E-state index contributed by atoms with van der Waals surface area (Å²) in [6.45, 7) is 2.42. The molecule has 0 bridgehead atoms. The number of rotatable bonds is 5. The minimum atomic E-state index is -3.58. The molecular weight excluding hydrogens is 421 g/mol. The van der Waals surface area contributed by atoms with Crippen molar-refractivity contribution in [2.75, 3.05) is 33.7 Å². The predicted octanol–water partition coefficient (Wildman–Crippen LogP) is 1.45. The molecule has 2 aliphatic rings. The SMILES string of the molecule is CN(C)S(=O)(=O)N1CCc2nc(C3CCCN(Cc4ccccc4F)C3)[nH]c(=O)c2C1. The van der Waals surface area contributed by atoms with Crippen LogP contribution in [0, 0.1) is 5.82 Å². The van der Waals surface area contributed by atoms with Crippen LogP contribution < -0.4 is 5.56 Å². The molecule has 2 aromatic rings. The minimum Gasteiger partial charge on any atom is -0.310 e. The van der Waals surface area contributed by atoms with E-state index in [0.29, 0.717) is 48.7 Å². The topological polar surface area (TPSA) is 89.6 Å². The van der Waals surface area contributed by atoms with Crippen LogP contribution in [0.4, 0.5) is 4.39 Å². The average Bonchev–Trinajstić information content (AvgIpc) is 2.75. The maximum absolute atomic E-state index is 14.0. The Labute approximate surface area is 181 Å². The summed E-state index contributed by atoms with van der Waals surface area (Å²) in [7, 11) is -0.624. The number of fused-ring (bicyclic) bond motifs is 1. The van der Waals surface area contributed by atoms with Gasteiger partial charge < -0.3 is 4.98 Å². The molecule has 0 amide bonds. The van der Waals surface area contributed by atoms with Gasteiger partial charge in [-0.15, -0.1) is 0 Å². The summed E-state index contributed by atoms with van der Waals surface area (Å²) in [5, 5.41) is 0. The lowest BCUT2D eigenvalue weighted by molar-refractivity contribution is 0.194. The normalized spacial score (nSPS) is 20.7. The standard InChI is InChI=1S/C21H28FN5O3S/c1-25(2)31(29,30)27-11-9-19-17(14-27)21(28)24-20(23-19)16-7-5-10-26(13-16)12-15-6-3-4-8-18(15)22/h3-4,6,8,16H,5,7,9-14H2,1-2H3,(H,23,24,28). The van der Waals surface area contributed by atoms with Gasteiger partial charge in [-0.25, -0.2) is 9.37 Å². The third kappa shape index (κ3) is 4.57. The highest BCUT2D eigenvalue weighted by atomic mass is 32.2. The Morgan fingerprint density at radius 2 is 2.03 bits per heavy atom. The summed E-state index contributed by atoms with van der Waals surface area (Å²) < 4.78 is 41.3. The van der Waals surface area contributed by atoms with Gasteiger partial charge in [0.05, 0.1) is 11.3 Å². The summed E-state index contributed by atoms with van der Waals surface area (Å²) in [5.74, 6) is 0.495. The number of hydrogen-bond acceptors (Lipinski definition) is 5. The van der Waals surface area contributed by atoms with Crippen molar-refractivity contribution in [2.45, 2.75) is 38.3 Å². The molecule has 2 aliphatic heterocycles. The van der Waals surface area contributed by atoms with Gasteiger partial charge in [-0.05, 0) is 25.5 Å². The van der Waals surface area contributed by atoms with Gasteiger partial charge in [0, 0.05) is 58.2 Å². The van der Waals surface area contributed by atoms with E-state index in [9.17, 15) is 17.6 Å². The van der Waals surface area contributed by atoms with Crippen molar-refractivity contribution in [3.05, 3.63) is 63.1 Å². The van der Waals surface area contributed by atoms with Gasteiger partial charge in [0.25, 0.3) is 15.8 Å². The molecule has 0 saturated carbocycles. The summed E-state index contributed by atoms with van der Waals surface area (Å²) in [6, 6.07) is 6.79. The smallest absolute Gasteiger partial charge is 0.281 e. The molecule has 1 fully saturated rings. The Morgan fingerprint density at radius 3 is 2.77 bits per heavy atom. The highest BCUT2D eigenvalue weighted by Crippen LogP contribution is 2.27. The quantitative estimate of drug-likeness (QED) is 0.746. The number of piperidine rings is 1. The monoisotopic (exact) mass is 449 g/mol. The first kappa shape index (κ1) is 22.1. The second-order valence-electron chi connectivity index (χ2n) is 8.42. The number of nitrogens with one attached hydrogen (secondary N) is 1. The van der Waals surface area contributed by atoms with Crippen LogP contribution in [0.2, 0.25) is 0 Å². The Balaban J connectivity index is 1.52. The fraction of sp³-hybridized carbons (Fsp3) is 0.524. The van der Waals surface area contributed by atoms with Crippen LogP contribution in [0.15, 0.2) is 29.1 Å². The molecule has 4 rings (SSSR count). The third-order valence-corrected chi connectivity index (χ3v) is 7.97. The number of aromatic nitrogens is 2. The zero-order valence-corrected chi connectivity index (χ0v) is 18.7. The van der Waals surface area contributed by atoms with Crippen molar-refractivity contribution in [1.82, 2.24) is 23.5 Å². The van der Waals surface area contributed by atoms with Crippen molar-refractivity contribution in [2.24, 2.45) is 0 Å². The lowest BCUT2D eigenvalue weighted by Gasteiger charge is -2.33. The van der Waals surface area contributed by atoms with Gasteiger partial charge in [-0.1, -0.05) is 18.2 Å². The summed E-state index contributed by atoms with van der Waals surface area (Å²) in [5.41, 5.74) is 1.48. The van der Waals surface area contributed by atoms with E-state index in [0.717, 1.165) is 23.7 Å². The molecule has 1 aromatic carbocycles. The van der Waals surface area contributed by atoms with Crippen molar-refractivity contribution < 1.29 is 12.8 Å². The minimum absolute atomic E-state index is 0.0303. The van der Waals surface area contributed by atoms with E-state index in [1.54, 1.807) is 12.1 Å². The summed E-state index contributed by atoms with van der Waals surface area (Å²) in [6.07, 6.45) is 2.25. The van der Waals surface area contributed by atoms with Crippen molar-refractivity contribution in [1.29, 1.82) is 0 Å². The van der Waals surface area contributed by atoms with Crippen LogP contribution in [-0.4, -0.2) is 65.6 Å². The highest BCUT2D eigenvalue weighted by molar-refractivity contribution is 7.86. The Morgan fingerprint density at radius 1 is 1.26 bits per heavy atom. The molecule has 31 heavy (non-hydrogen) atoms. The number of aromatic amines is 1. The van der Waals surface area contributed by atoms with E-state index in [-0.39, 0.29) is 23.8 Å². The molecule has 1 atom stereocenters. The first-order valence-corrected chi connectivity index (χ1v) is 11.9. The van der Waals surface area contributed by atoms with Gasteiger partial charge in [-0.2, -0.15) is 17.0 Å². The Bertz CT molecular complexity index is 1120. The van der Waals surface area contributed by atoms with Gasteiger partial charge in [0.1, 0.15) is 11.6 Å². The van der Waals surface area contributed by atoms with Crippen LogP contribution in [0.5, 0.6) is 0 Å². The maximum Gasteiger partial charge on any atom is 0.281 e. The first-order chi connectivity index (χ1) is 14.8. The molecule has 1 N–H and O–H groups in total. The fourth-order valence-electron chi connectivity index (χ4n) is 4.33. The zero-order chi connectivity index (χ0) is 22.2. The number of H-pyrrole nitrogens is 1. The second-order valence-corrected chi connectivity index (χ2v) is 10.6. The number of likely N-dealkylation sites (tertiary alicyclic amines) is 1. The zero-order valence-electron chi connectivity index (χ0n) is 17.8. The third-order valence-electron chi connectivity index (χ3n) is 6.08. The molecule has 168 valence electrons. The van der Waals surface area contributed by atoms with Gasteiger partial charge >= 0.3 is 0 Å². The second kappa shape index (κ2) is 8.78. The predicted molar refractivity (Wildman–Crippen MR) is 115 cm³/mol. The molecule has 1 unspecified atom stereocenters. The molecule has 10 heteroatoms. The molecule has 8 nitrogen and oxygen atoms in total.